The molecule has 132 valence electrons. The van der Waals surface area contributed by atoms with Gasteiger partial charge in [-0.25, -0.2) is 9.97 Å². The molecular weight excluding hydrogens is 338 g/mol. The number of carbonyl (C=O) groups is 1. The molecule has 0 saturated carbocycles. The molecule has 1 fully saturated rings. The SMILES string of the molecule is Cc1ccccc1CSc1nc(N)cc(N2CCO[C@@H](C(N)=O)C2)n1. The van der Waals surface area contributed by atoms with Crippen molar-refractivity contribution in [3.63, 3.8) is 0 Å². The van der Waals surface area contributed by atoms with E-state index in [2.05, 4.69) is 29.0 Å². The topological polar surface area (TPSA) is 107 Å². The molecule has 4 N–H and O–H groups in total. The maximum atomic E-state index is 11.4. The van der Waals surface area contributed by atoms with Crippen molar-refractivity contribution in [2.45, 2.75) is 23.9 Å². The summed E-state index contributed by atoms with van der Waals surface area (Å²) < 4.78 is 5.37. The van der Waals surface area contributed by atoms with E-state index in [0.29, 0.717) is 36.5 Å². The van der Waals surface area contributed by atoms with E-state index in [9.17, 15) is 4.79 Å². The van der Waals surface area contributed by atoms with Crippen LogP contribution in [0.1, 0.15) is 11.1 Å². The summed E-state index contributed by atoms with van der Waals surface area (Å²) in [4.78, 5) is 22.2. The molecule has 1 aliphatic rings. The quantitative estimate of drug-likeness (QED) is 0.613. The lowest BCUT2D eigenvalue weighted by Crippen LogP contribution is -2.48. The Kier molecular flexibility index (Phi) is 5.40. The van der Waals surface area contributed by atoms with Crippen LogP contribution in [0.2, 0.25) is 0 Å². The minimum absolute atomic E-state index is 0.369. The number of nitrogens with two attached hydrogens (primary N) is 2. The number of nitrogen functional groups attached to an aromatic ring is 1. The number of nitrogens with zero attached hydrogens (tertiary/aromatic N) is 3. The van der Waals surface area contributed by atoms with E-state index in [1.165, 1.54) is 22.9 Å². The van der Waals surface area contributed by atoms with Gasteiger partial charge >= 0.3 is 0 Å². The first-order valence-electron chi connectivity index (χ1n) is 8.00. The Balaban J connectivity index is 1.74. The number of benzene rings is 1. The second-order valence-electron chi connectivity index (χ2n) is 5.86. The molecule has 25 heavy (non-hydrogen) atoms. The molecule has 7 nitrogen and oxygen atoms in total. The summed E-state index contributed by atoms with van der Waals surface area (Å²) in [5, 5.41) is 0.611. The molecule has 8 heteroatoms. The first-order valence-corrected chi connectivity index (χ1v) is 8.99. The van der Waals surface area contributed by atoms with Crippen molar-refractivity contribution < 1.29 is 9.53 Å². The van der Waals surface area contributed by atoms with E-state index in [4.69, 9.17) is 16.2 Å². The standard InChI is InChI=1S/C17H21N5O2S/c1-11-4-2-3-5-12(11)10-25-17-20-14(18)8-15(21-17)22-6-7-24-13(9-22)16(19)23/h2-5,8,13H,6-7,9-10H2,1H3,(H2,19,23)(H2,18,20,21)/t13-/m1/s1. The maximum Gasteiger partial charge on any atom is 0.248 e. The smallest absolute Gasteiger partial charge is 0.248 e. The van der Waals surface area contributed by atoms with Crippen molar-refractivity contribution in [2.75, 3.05) is 30.3 Å². The van der Waals surface area contributed by atoms with Crippen LogP contribution < -0.4 is 16.4 Å². The number of aryl methyl sites for hydroxylation is 1. The first-order chi connectivity index (χ1) is 12.0. The Hall–Kier alpha value is -2.32. The zero-order chi connectivity index (χ0) is 17.8. The molecule has 2 aromatic rings. The number of hydrogen-bond acceptors (Lipinski definition) is 7. The summed E-state index contributed by atoms with van der Waals surface area (Å²) in [7, 11) is 0. The van der Waals surface area contributed by atoms with Gasteiger partial charge in [0.25, 0.3) is 0 Å². The Bertz CT molecular complexity index is 770. The van der Waals surface area contributed by atoms with Gasteiger partial charge in [0, 0.05) is 18.4 Å². The highest BCUT2D eigenvalue weighted by Crippen LogP contribution is 2.25. The normalized spacial score (nSPS) is 17.5. The molecule has 2 heterocycles. The molecule has 1 aromatic carbocycles. The number of carbonyl (C=O) groups excluding carboxylic acids is 1. The van der Waals surface area contributed by atoms with Crippen molar-refractivity contribution in [3.05, 3.63) is 41.5 Å². The van der Waals surface area contributed by atoms with Crippen LogP contribution in [-0.4, -0.2) is 41.7 Å². The van der Waals surface area contributed by atoms with Gasteiger partial charge in [0.1, 0.15) is 11.6 Å². The number of rotatable bonds is 5. The number of primary amides is 1. The summed E-state index contributed by atoms with van der Waals surface area (Å²) >= 11 is 1.54. The van der Waals surface area contributed by atoms with Crippen LogP contribution in [0.5, 0.6) is 0 Å². The van der Waals surface area contributed by atoms with Crippen LogP contribution in [-0.2, 0) is 15.3 Å². The zero-order valence-electron chi connectivity index (χ0n) is 14.0. The second kappa shape index (κ2) is 7.71. The fourth-order valence-electron chi connectivity index (χ4n) is 2.60. The molecule has 3 rings (SSSR count). The van der Waals surface area contributed by atoms with E-state index in [1.54, 1.807) is 6.07 Å². The van der Waals surface area contributed by atoms with Crippen LogP contribution >= 0.6 is 11.8 Å². The number of thioether (sulfide) groups is 1. The fourth-order valence-corrected chi connectivity index (χ4v) is 3.54. The molecule has 0 radical (unpaired) electrons. The van der Waals surface area contributed by atoms with Gasteiger partial charge in [-0.15, -0.1) is 0 Å². The third-order valence-corrected chi connectivity index (χ3v) is 4.93. The van der Waals surface area contributed by atoms with Crippen molar-refractivity contribution >= 4 is 29.3 Å². The molecule has 0 spiro atoms. The molecule has 1 amide bonds. The molecule has 0 bridgehead atoms. The summed E-state index contributed by atoms with van der Waals surface area (Å²) in [6.45, 7) is 3.50. The van der Waals surface area contributed by atoms with E-state index in [0.717, 1.165) is 5.75 Å². The number of anilines is 2. The van der Waals surface area contributed by atoms with Crippen LogP contribution in [0.4, 0.5) is 11.6 Å². The lowest BCUT2D eigenvalue weighted by Gasteiger charge is -2.32. The van der Waals surface area contributed by atoms with Crippen molar-refractivity contribution in [1.29, 1.82) is 0 Å². The van der Waals surface area contributed by atoms with Crippen LogP contribution in [0.15, 0.2) is 35.5 Å². The van der Waals surface area contributed by atoms with Gasteiger partial charge < -0.3 is 21.1 Å². The molecule has 1 atom stereocenters. The van der Waals surface area contributed by atoms with E-state index < -0.39 is 12.0 Å². The number of hydrogen-bond donors (Lipinski definition) is 2. The fraction of sp³-hybridized carbons (Fsp3) is 0.353. The Morgan fingerprint density at radius 2 is 2.20 bits per heavy atom. The summed E-state index contributed by atoms with van der Waals surface area (Å²) in [6, 6.07) is 9.92. The summed E-state index contributed by atoms with van der Waals surface area (Å²) in [6.07, 6.45) is -0.631. The molecule has 0 unspecified atom stereocenters. The second-order valence-corrected chi connectivity index (χ2v) is 6.80. The largest absolute Gasteiger partial charge is 0.383 e. The van der Waals surface area contributed by atoms with Crippen LogP contribution in [0.3, 0.4) is 0 Å². The lowest BCUT2D eigenvalue weighted by atomic mass is 10.1. The Morgan fingerprint density at radius 1 is 1.40 bits per heavy atom. The lowest BCUT2D eigenvalue weighted by molar-refractivity contribution is -0.130. The Labute approximate surface area is 150 Å². The van der Waals surface area contributed by atoms with Crippen molar-refractivity contribution in [2.24, 2.45) is 5.73 Å². The first kappa shape index (κ1) is 17.5. The van der Waals surface area contributed by atoms with E-state index >= 15 is 0 Å². The van der Waals surface area contributed by atoms with Gasteiger partial charge in [0.15, 0.2) is 11.3 Å². The van der Waals surface area contributed by atoms with Gasteiger partial charge in [-0.05, 0) is 18.1 Å². The highest BCUT2D eigenvalue weighted by molar-refractivity contribution is 7.98. The monoisotopic (exact) mass is 359 g/mol. The molecule has 1 aromatic heterocycles. The number of morpholine rings is 1. The third-order valence-electron chi connectivity index (χ3n) is 4.04. The van der Waals surface area contributed by atoms with Gasteiger partial charge in [-0.1, -0.05) is 36.0 Å². The minimum atomic E-state index is -0.631. The predicted molar refractivity (Wildman–Crippen MR) is 98.3 cm³/mol. The Morgan fingerprint density at radius 3 is 2.96 bits per heavy atom. The third kappa shape index (κ3) is 4.40. The molecule has 0 aliphatic carbocycles. The molecule has 1 saturated heterocycles. The van der Waals surface area contributed by atoms with E-state index in [1.807, 2.05) is 17.0 Å². The van der Waals surface area contributed by atoms with Gasteiger partial charge in [-0.3, -0.25) is 4.79 Å². The van der Waals surface area contributed by atoms with Gasteiger partial charge in [0.05, 0.1) is 13.2 Å². The summed E-state index contributed by atoms with van der Waals surface area (Å²) in [5.41, 5.74) is 13.8. The van der Waals surface area contributed by atoms with E-state index in [-0.39, 0.29) is 0 Å². The van der Waals surface area contributed by atoms with Crippen molar-refractivity contribution in [1.82, 2.24) is 9.97 Å². The average molecular weight is 359 g/mol. The number of amides is 1. The zero-order valence-corrected chi connectivity index (χ0v) is 14.8. The van der Waals surface area contributed by atoms with Gasteiger partial charge in [0.2, 0.25) is 5.91 Å². The molecular formula is C17H21N5O2S. The van der Waals surface area contributed by atoms with Crippen molar-refractivity contribution in [3.8, 4) is 0 Å². The van der Waals surface area contributed by atoms with Gasteiger partial charge in [-0.2, -0.15) is 0 Å². The van der Waals surface area contributed by atoms with Crippen LogP contribution in [0, 0.1) is 6.92 Å². The highest BCUT2D eigenvalue weighted by Gasteiger charge is 2.26. The summed E-state index contributed by atoms with van der Waals surface area (Å²) in [5.74, 6) is 1.39. The highest BCUT2D eigenvalue weighted by atomic mass is 32.2. The average Bonchev–Trinajstić information content (AvgIpc) is 2.61. The maximum absolute atomic E-state index is 11.4. The molecule has 1 aliphatic heterocycles. The van der Waals surface area contributed by atoms with Crippen LogP contribution in [0.25, 0.3) is 0 Å². The number of aromatic nitrogens is 2. The number of ether oxygens (including phenoxy) is 1. The minimum Gasteiger partial charge on any atom is -0.383 e. The predicted octanol–water partition coefficient (Wildman–Crippen LogP) is 1.35.